The lowest BCUT2D eigenvalue weighted by atomic mass is 10.1. The van der Waals surface area contributed by atoms with E-state index in [0.29, 0.717) is 6.04 Å². The molecule has 4 heteroatoms. The fourth-order valence-electron chi connectivity index (χ4n) is 2.03. The SMILES string of the molecule is CC(NCc1ccccc1CN(C)C)c1cscn1. The molecule has 0 fully saturated rings. The van der Waals surface area contributed by atoms with Crippen molar-refractivity contribution in [1.82, 2.24) is 15.2 Å². The third-order valence-corrected chi connectivity index (χ3v) is 3.70. The minimum absolute atomic E-state index is 0.290. The molecule has 0 spiro atoms. The topological polar surface area (TPSA) is 28.2 Å². The molecule has 1 aromatic carbocycles. The number of benzene rings is 1. The summed E-state index contributed by atoms with van der Waals surface area (Å²) in [5.41, 5.74) is 5.74. The van der Waals surface area contributed by atoms with E-state index in [1.165, 1.54) is 11.1 Å². The van der Waals surface area contributed by atoms with E-state index >= 15 is 0 Å². The molecule has 19 heavy (non-hydrogen) atoms. The highest BCUT2D eigenvalue weighted by Crippen LogP contribution is 2.15. The maximum absolute atomic E-state index is 4.35. The quantitative estimate of drug-likeness (QED) is 0.878. The molecule has 0 amide bonds. The Hall–Kier alpha value is -1.23. The van der Waals surface area contributed by atoms with Gasteiger partial charge in [0.05, 0.1) is 11.2 Å². The molecule has 0 saturated carbocycles. The molecule has 0 aliphatic heterocycles. The van der Waals surface area contributed by atoms with Crippen LogP contribution in [0.2, 0.25) is 0 Å². The number of hydrogen-bond donors (Lipinski definition) is 1. The van der Waals surface area contributed by atoms with Crippen molar-refractivity contribution in [3.63, 3.8) is 0 Å². The average Bonchev–Trinajstić information content (AvgIpc) is 2.90. The second-order valence-corrected chi connectivity index (χ2v) is 5.74. The predicted molar refractivity (Wildman–Crippen MR) is 81.2 cm³/mol. The van der Waals surface area contributed by atoms with E-state index in [1.807, 2.05) is 5.51 Å². The molecule has 1 unspecified atom stereocenters. The zero-order valence-electron chi connectivity index (χ0n) is 11.8. The summed E-state index contributed by atoms with van der Waals surface area (Å²) in [7, 11) is 4.20. The van der Waals surface area contributed by atoms with Gasteiger partial charge in [0.2, 0.25) is 0 Å². The molecule has 1 aromatic heterocycles. The van der Waals surface area contributed by atoms with Crippen molar-refractivity contribution in [1.29, 1.82) is 0 Å². The first-order valence-corrected chi connectivity index (χ1v) is 7.44. The smallest absolute Gasteiger partial charge is 0.0795 e. The average molecular weight is 275 g/mol. The fourth-order valence-corrected chi connectivity index (χ4v) is 2.68. The van der Waals surface area contributed by atoms with Crippen LogP contribution in [0.5, 0.6) is 0 Å². The van der Waals surface area contributed by atoms with E-state index in [-0.39, 0.29) is 0 Å². The minimum atomic E-state index is 0.290. The van der Waals surface area contributed by atoms with Crippen LogP contribution in [0, 0.1) is 0 Å². The van der Waals surface area contributed by atoms with Gasteiger partial charge >= 0.3 is 0 Å². The summed E-state index contributed by atoms with van der Waals surface area (Å²) >= 11 is 1.64. The van der Waals surface area contributed by atoms with Gasteiger partial charge in [-0.25, -0.2) is 4.98 Å². The molecular formula is C15H21N3S. The summed E-state index contributed by atoms with van der Waals surface area (Å²) in [6.07, 6.45) is 0. The number of rotatable bonds is 6. The first-order valence-electron chi connectivity index (χ1n) is 6.50. The molecule has 0 radical (unpaired) electrons. The summed E-state index contributed by atoms with van der Waals surface area (Å²) in [5, 5.41) is 5.64. The molecule has 0 aliphatic carbocycles. The molecule has 2 rings (SSSR count). The molecule has 1 atom stereocenters. The minimum Gasteiger partial charge on any atom is -0.305 e. The maximum Gasteiger partial charge on any atom is 0.0795 e. The first kappa shape index (κ1) is 14.2. The molecule has 1 N–H and O–H groups in total. The van der Waals surface area contributed by atoms with Gasteiger partial charge in [-0.2, -0.15) is 0 Å². The molecule has 2 aromatic rings. The van der Waals surface area contributed by atoms with Gasteiger partial charge in [-0.05, 0) is 32.1 Å². The summed E-state index contributed by atoms with van der Waals surface area (Å²) < 4.78 is 0. The van der Waals surface area contributed by atoms with Gasteiger partial charge in [0.15, 0.2) is 0 Å². The Balaban J connectivity index is 1.99. The van der Waals surface area contributed by atoms with Gasteiger partial charge < -0.3 is 10.2 Å². The van der Waals surface area contributed by atoms with Crippen molar-refractivity contribution in [2.24, 2.45) is 0 Å². The van der Waals surface area contributed by atoms with E-state index in [9.17, 15) is 0 Å². The number of hydrogen-bond acceptors (Lipinski definition) is 4. The Morgan fingerprint density at radius 1 is 1.26 bits per heavy atom. The van der Waals surface area contributed by atoms with E-state index in [2.05, 4.69) is 65.9 Å². The second-order valence-electron chi connectivity index (χ2n) is 5.02. The second kappa shape index (κ2) is 6.80. The van der Waals surface area contributed by atoms with Crippen molar-refractivity contribution >= 4 is 11.3 Å². The lowest BCUT2D eigenvalue weighted by molar-refractivity contribution is 0.399. The van der Waals surface area contributed by atoms with Crippen molar-refractivity contribution in [2.75, 3.05) is 14.1 Å². The predicted octanol–water partition coefficient (Wildman–Crippen LogP) is 3.06. The Labute approximate surface area is 119 Å². The van der Waals surface area contributed by atoms with Gasteiger partial charge in [-0.1, -0.05) is 24.3 Å². The Morgan fingerprint density at radius 2 is 2.00 bits per heavy atom. The van der Waals surface area contributed by atoms with E-state index in [0.717, 1.165) is 18.8 Å². The van der Waals surface area contributed by atoms with Gasteiger partial charge in [0, 0.05) is 24.5 Å². The molecule has 1 heterocycles. The molecular weight excluding hydrogens is 254 g/mol. The highest BCUT2D eigenvalue weighted by Gasteiger charge is 2.08. The normalized spacial score (nSPS) is 12.8. The number of nitrogens with one attached hydrogen (secondary N) is 1. The van der Waals surface area contributed by atoms with Crippen LogP contribution in [0.1, 0.15) is 29.8 Å². The lowest BCUT2D eigenvalue weighted by Gasteiger charge is -2.16. The Bertz CT molecular complexity index is 494. The van der Waals surface area contributed by atoms with Crippen LogP contribution in [0.25, 0.3) is 0 Å². The van der Waals surface area contributed by atoms with Crippen LogP contribution in [-0.4, -0.2) is 24.0 Å². The monoisotopic (exact) mass is 275 g/mol. The van der Waals surface area contributed by atoms with Gasteiger partial charge in [0.25, 0.3) is 0 Å². The molecule has 0 saturated heterocycles. The van der Waals surface area contributed by atoms with Crippen LogP contribution in [0.15, 0.2) is 35.2 Å². The lowest BCUT2D eigenvalue weighted by Crippen LogP contribution is -2.20. The number of nitrogens with zero attached hydrogens (tertiary/aromatic N) is 2. The van der Waals surface area contributed by atoms with Crippen molar-refractivity contribution in [2.45, 2.75) is 26.1 Å². The standard InChI is InChI=1S/C15H21N3S/c1-12(15-10-19-11-17-15)16-8-13-6-4-5-7-14(13)9-18(2)3/h4-7,10-12,16H,8-9H2,1-3H3. The Morgan fingerprint density at radius 3 is 2.63 bits per heavy atom. The summed E-state index contributed by atoms with van der Waals surface area (Å²) in [5.74, 6) is 0. The van der Waals surface area contributed by atoms with Crippen LogP contribution in [0.4, 0.5) is 0 Å². The zero-order valence-corrected chi connectivity index (χ0v) is 12.6. The van der Waals surface area contributed by atoms with E-state index in [4.69, 9.17) is 0 Å². The van der Waals surface area contributed by atoms with Crippen molar-refractivity contribution < 1.29 is 0 Å². The van der Waals surface area contributed by atoms with Crippen molar-refractivity contribution in [3.8, 4) is 0 Å². The number of thiazole rings is 1. The summed E-state index contributed by atoms with van der Waals surface area (Å²) in [6, 6.07) is 8.89. The fraction of sp³-hybridized carbons (Fsp3) is 0.400. The van der Waals surface area contributed by atoms with Crippen LogP contribution >= 0.6 is 11.3 Å². The zero-order chi connectivity index (χ0) is 13.7. The third kappa shape index (κ3) is 4.13. The van der Waals surface area contributed by atoms with E-state index < -0.39 is 0 Å². The summed E-state index contributed by atoms with van der Waals surface area (Å²) in [6.45, 7) is 4.01. The molecule has 0 aliphatic rings. The van der Waals surface area contributed by atoms with Gasteiger partial charge in [-0.15, -0.1) is 11.3 Å². The first-order chi connectivity index (χ1) is 9.16. The van der Waals surface area contributed by atoms with Crippen LogP contribution in [-0.2, 0) is 13.1 Å². The number of aromatic nitrogens is 1. The van der Waals surface area contributed by atoms with Crippen molar-refractivity contribution in [3.05, 3.63) is 52.0 Å². The van der Waals surface area contributed by atoms with Gasteiger partial charge in [-0.3, -0.25) is 0 Å². The van der Waals surface area contributed by atoms with Crippen LogP contribution < -0.4 is 5.32 Å². The van der Waals surface area contributed by atoms with E-state index in [1.54, 1.807) is 11.3 Å². The largest absolute Gasteiger partial charge is 0.305 e. The third-order valence-electron chi connectivity index (χ3n) is 3.10. The maximum atomic E-state index is 4.35. The van der Waals surface area contributed by atoms with Gasteiger partial charge in [0.1, 0.15) is 0 Å². The molecule has 102 valence electrons. The van der Waals surface area contributed by atoms with Crippen LogP contribution in [0.3, 0.4) is 0 Å². The molecule has 0 bridgehead atoms. The highest BCUT2D eigenvalue weighted by molar-refractivity contribution is 7.07. The Kier molecular flexibility index (Phi) is 5.07. The molecule has 3 nitrogen and oxygen atoms in total. The highest BCUT2D eigenvalue weighted by atomic mass is 32.1. The summed E-state index contributed by atoms with van der Waals surface area (Å²) in [4.78, 5) is 6.54.